The monoisotopic (exact) mass is 305 g/mol. The van der Waals surface area contributed by atoms with Crippen LogP contribution in [0.15, 0.2) is 42.5 Å². The summed E-state index contributed by atoms with van der Waals surface area (Å²) in [6.45, 7) is -0.203. The molecule has 114 valence electrons. The van der Waals surface area contributed by atoms with E-state index in [1.54, 1.807) is 0 Å². The predicted octanol–water partition coefficient (Wildman–Crippen LogP) is 3.10. The number of benzene rings is 2. The first-order chi connectivity index (χ1) is 10.5. The Morgan fingerprint density at radius 1 is 1.27 bits per heavy atom. The molecule has 2 rings (SSSR count). The minimum Gasteiger partial charge on any atom is -0.494 e. The Kier molecular flexibility index (Phi) is 4.67. The second-order valence-corrected chi connectivity index (χ2v) is 4.32. The van der Waals surface area contributed by atoms with Crippen molar-refractivity contribution in [3.05, 3.63) is 69.5 Å². The molecule has 0 amide bonds. The van der Waals surface area contributed by atoms with Gasteiger partial charge in [0.1, 0.15) is 12.2 Å². The third kappa shape index (κ3) is 3.38. The van der Waals surface area contributed by atoms with E-state index in [4.69, 9.17) is 9.47 Å². The second-order valence-electron chi connectivity index (χ2n) is 4.32. The van der Waals surface area contributed by atoms with Crippen LogP contribution in [0, 0.1) is 15.9 Å². The van der Waals surface area contributed by atoms with Crippen LogP contribution in [0.25, 0.3) is 0 Å². The number of carbonyl (C=O) groups is 1. The maximum Gasteiger partial charge on any atom is 0.345 e. The maximum atomic E-state index is 13.5. The molecule has 0 radical (unpaired) electrons. The molecule has 0 saturated carbocycles. The minimum absolute atomic E-state index is 0.0776. The Bertz CT molecular complexity index is 717. The molecule has 0 aliphatic heterocycles. The van der Waals surface area contributed by atoms with Gasteiger partial charge in [-0.25, -0.2) is 9.18 Å². The lowest BCUT2D eigenvalue weighted by Gasteiger charge is -2.07. The van der Waals surface area contributed by atoms with Crippen LogP contribution in [0.4, 0.5) is 10.1 Å². The van der Waals surface area contributed by atoms with Gasteiger partial charge in [0.25, 0.3) is 5.69 Å². The SMILES string of the molecule is COc1ccc(COC(=O)c2ccccc2[N+](=O)[O-])cc1F. The standard InChI is InChI=1S/C15H12FNO5/c1-21-14-7-6-10(8-12(14)16)9-22-15(18)11-4-2-3-5-13(11)17(19)20/h2-8H,9H2,1H3. The summed E-state index contributed by atoms with van der Waals surface area (Å²) in [6.07, 6.45) is 0. The number of nitro benzene ring substituents is 1. The zero-order valence-electron chi connectivity index (χ0n) is 11.6. The molecule has 6 nitrogen and oxygen atoms in total. The number of esters is 1. The highest BCUT2D eigenvalue weighted by Crippen LogP contribution is 2.21. The minimum atomic E-state index is -0.844. The molecule has 2 aromatic rings. The van der Waals surface area contributed by atoms with Gasteiger partial charge in [-0.3, -0.25) is 10.1 Å². The summed E-state index contributed by atoms with van der Waals surface area (Å²) in [5, 5.41) is 10.8. The summed E-state index contributed by atoms with van der Waals surface area (Å²) in [5.74, 6) is -1.35. The number of nitro groups is 1. The van der Waals surface area contributed by atoms with Crippen molar-refractivity contribution in [3.8, 4) is 5.75 Å². The number of para-hydroxylation sites is 1. The number of nitrogens with zero attached hydrogens (tertiary/aromatic N) is 1. The molecule has 0 atom stereocenters. The molecule has 0 aliphatic carbocycles. The van der Waals surface area contributed by atoms with Gasteiger partial charge in [-0.2, -0.15) is 0 Å². The summed E-state index contributed by atoms with van der Waals surface area (Å²) < 4.78 is 23.3. The molecular weight excluding hydrogens is 293 g/mol. The first-order valence-corrected chi connectivity index (χ1v) is 6.26. The van der Waals surface area contributed by atoms with Crippen LogP contribution in [0.1, 0.15) is 15.9 Å². The molecule has 0 saturated heterocycles. The molecule has 0 N–H and O–H groups in total. The molecule has 7 heteroatoms. The molecule has 22 heavy (non-hydrogen) atoms. The molecule has 0 unspecified atom stereocenters. The van der Waals surface area contributed by atoms with Crippen molar-refractivity contribution in [1.29, 1.82) is 0 Å². The van der Waals surface area contributed by atoms with Crippen LogP contribution in [-0.2, 0) is 11.3 Å². The molecule has 0 aromatic heterocycles. The van der Waals surface area contributed by atoms with Crippen LogP contribution in [0.5, 0.6) is 5.75 Å². The highest BCUT2D eigenvalue weighted by Gasteiger charge is 2.20. The summed E-state index contributed by atoms with van der Waals surface area (Å²) in [6, 6.07) is 9.58. The summed E-state index contributed by atoms with van der Waals surface area (Å²) >= 11 is 0. The fraction of sp³-hybridized carbons (Fsp3) is 0.133. The molecule has 0 bridgehead atoms. The number of methoxy groups -OCH3 is 1. The predicted molar refractivity (Wildman–Crippen MR) is 75.2 cm³/mol. The molecule has 2 aromatic carbocycles. The third-order valence-corrected chi connectivity index (χ3v) is 2.91. The Hall–Kier alpha value is -2.96. The number of hydrogen-bond acceptors (Lipinski definition) is 5. The Morgan fingerprint density at radius 2 is 2.00 bits per heavy atom. The second kappa shape index (κ2) is 6.66. The number of rotatable bonds is 5. The highest BCUT2D eigenvalue weighted by molar-refractivity contribution is 5.93. The van der Waals surface area contributed by atoms with Gasteiger partial charge in [-0.1, -0.05) is 18.2 Å². The van der Waals surface area contributed by atoms with Crippen molar-refractivity contribution >= 4 is 11.7 Å². The van der Waals surface area contributed by atoms with Gasteiger partial charge in [-0.05, 0) is 23.8 Å². The Morgan fingerprint density at radius 3 is 2.64 bits per heavy atom. The van der Waals surface area contributed by atoms with Gasteiger partial charge in [-0.15, -0.1) is 0 Å². The lowest BCUT2D eigenvalue weighted by atomic mass is 10.2. The first kappa shape index (κ1) is 15.4. The maximum absolute atomic E-state index is 13.5. The van der Waals surface area contributed by atoms with E-state index in [2.05, 4.69) is 0 Å². The van der Waals surface area contributed by atoms with E-state index in [1.807, 2.05) is 0 Å². The van der Waals surface area contributed by atoms with Gasteiger partial charge in [0.15, 0.2) is 11.6 Å². The van der Waals surface area contributed by atoms with E-state index in [1.165, 1.54) is 49.6 Å². The fourth-order valence-electron chi connectivity index (χ4n) is 1.83. The van der Waals surface area contributed by atoms with Gasteiger partial charge < -0.3 is 9.47 Å². The average Bonchev–Trinajstić information content (AvgIpc) is 2.52. The van der Waals surface area contributed by atoms with Gasteiger partial charge in [0, 0.05) is 6.07 Å². The number of halogens is 1. The van der Waals surface area contributed by atoms with Crippen LogP contribution in [0.3, 0.4) is 0 Å². The summed E-state index contributed by atoms with van der Waals surface area (Å²) in [5.41, 5.74) is -0.0832. The smallest absolute Gasteiger partial charge is 0.345 e. The zero-order valence-corrected chi connectivity index (χ0v) is 11.6. The van der Waals surface area contributed by atoms with Crippen LogP contribution in [0.2, 0.25) is 0 Å². The molecule has 0 aliphatic rings. The topological polar surface area (TPSA) is 78.7 Å². The van der Waals surface area contributed by atoms with E-state index < -0.39 is 16.7 Å². The molecule has 0 fully saturated rings. The zero-order chi connectivity index (χ0) is 16.1. The lowest BCUT2D eigenvalue weighted by Crippen LogP contribution is -2.08. The summed E-state index contributed by atoms with van der Waals surface area (Å²) in [4.78, 5) is 22.1. The molecular formula is C15H12FNO5. The largest absolute Gasteiger partial charge is 0.494 e. The van der Waals surface area contributed by atoms with E-state index in [9.17, 15) is 19.3 Å². The lowest BCUT2D eigenvalue weighted by molar-refractivity contribution is -0.385. The van der Waals surface area contributed by atoms with Gasteiger partial charge in [0.2, 0.25) is 0 Å². The van der Waals surface area contributed by atoms with Crippen molar-refractivity contribution < 1.29 is 23.6 Å². The van der Waals surface area contributed by atoms with Crippen molar-refractivity contribution in [1.82, 2.24) is 0 Å². The number of ether oxygens (including phenoxy) is 2. The molecule has 0 spiro atoms. The van der Waals surface area contributed by atoms with Crippen LogP contribution < -0.4 is 4.74 Å². The van der Waals surface area contributed by atoms with Crippen molar-refractivity contribution in [2.45, 2.75) is 6.61 Å². The van der Waals surface area contributed by atoms with Crippen molar-refractivity contribution in [3.63, 3.8) is 0 Å². The number of hydrogen-bond donors (Lipinski definition) is 0. The van der Waals surface area contributed by atoms with E-state index in [0.717, 1.165) is 0 Å². The fourth-order valence-corrected chi connectivity index (χ4v) is 1.83. The van der Waals surface area contributed by atoms with E-state index >= 15 is 0 Å². The Labute approximate surface area is 125 Å². The average molecular weight is 305 g/mol. The van der Waals surface area contributed by atoms with E-state index in [-0.39, 0.29) is 23.6 Å². The third-order valence-electron chi connectivity index (χ3n) is 2.91. The van der Waals surface area contributed by atoms with E-state index in [0.29, 0.717) is 5.56 Å². The van der Waals surface area contributed by atoms with Crippen LogP contribution in [-0.4, -0.2) is 18.0 Å². The van der Waals surface area contributed by atoms with Crippen LogP contribution >= 0.6 is 0 Å². The summed E-state index contributed by atoms with van der Waals surface area (Å²) in [7, 11) is 1.34. The van der Waals surface area contributed by atoms with Gasteiger partial charge in [0.05, 0.1) is 12.0 Å². The highest BCUT2D eigenvalue weighted by atomic mass is 19.1. The van der Waals surface area contributed by atoms with Crippen molar-refractivity contribution in [2.75, 3.05) is 7.11 Å². The number of carbonyl (C=O) groups excluding carboxylic acids is 1. The molecule has 0 heterocycles. The quantitative estimate of drug-likeness (QED) is 0.482. The Balaban J connectivity index is 2.10. The van der Waals surface area contributed by atoms with Gasteiger partial charge >= 0.3 is 5.97 Å². The normalized spacial score (nSPS) is 10.1. The first-order valence-electron chi connectivity index (χ1n) is 6.26. The van der Waals surface area contributed by atoms with Crippen molar-refractivity contribution in [2.24, 2.45) is 0 Å².